The molecule has 4 nitrogen and oxygen atoms in total. The highest BCUT2D eigenvalue weighted by molar-refractivity contribution is 9.10. The minimum absolute atomic E-state index is 0.154. The zero-order valence-corrected chi connectivity index (χ0v) is 18.4. The predicted octanol–water partition coefficient (Wildman–Crippen LogP) is 5.99. The van der Waals surface area contributed by atoms with E-state index in [2.05, 4.69) is 15.9 Å². The van der Waals surface area contributed by atoms with Gasteiger partial charge in [0.2, 0.25) is 0 Å². The smallest absolute Gasteiger partial charge is 0.282 e. The van der Waals surface area contributed by atoms with E-state index in [9.17, 15) is 4.79 Å². The maximum Gasteiger partial charge on any atom is 0.282 e. The van der Waals surface area contributed by atoms with Crippen LogP contribution in [-0.4, -0.2) is 18.3 Å². The molecule has 0 aliphatic carbocycles. The molecule has 1 heterocycles. The molecular weight excluding hydrogens is 440 g/mol. The lowest BCUT2D eigenvalue weighted by atomic mass is 10.1. The molecule has 1 aliphatic heterocycles. The Labute approximate surface area is 184 Å². The molecule has 0 radical (unpaired) electrons. The number of benzene rings is 3. The number of anilines is 1. The summed E-state index contributed by atoms with van der Waals surface area (Å²) in [6.07, 6.45) is 1.82. The first kappa shape index (κ1) is 20.1. The van der Waals surface area contributed by atoms with Gasteiger partial charge in [-0.3, -0.25) is 9.69 Å². The number of amides is 1. The van der Waals surface area contributed by atoms with Crippen molar-refractivity contribution < 1.29 is 9.53 Å². The number of rotatable bonds is 5. The van der Waals surface area contributed by atoms with Crippen LogP contribution < -0.4 is 9.64 Å². The van der Waals surface area contributed by atoms with Gasteiger partial charge < -0.3 is 4.74 Å². The summed E-state index contributed by atoms with van der Waals surface area (Å²) in [4.78, 5) is 19.7. The largest absolute Gasteiger partial charge is 0.494 e. The number of aliphatic imine (C=N–C) groups is 1. The first-order valence-electron chi connectivity index (χ1n) is 9.75. The Morgan fingerprint density at radius 3 is 2.43 bits per heavy atom. The fourth-order valence-corrected chi connectivity index (χ4v) is 3.57. The van der Waals surface area contributed by atoms with Gasteiger partial charge in [0.15, 0.2) is 0 Å². The van der Waals surface area contributed by atoms with Crippen LogP contribution in [0.25, 0.3) is 6.08 Å². The third kappa shape index (κ3) is 4.21. The minimum Gasteiger partial charge on any atom is -0.494 e. The van der Waals surface area contributed by atoms with Crippen LogP contribution in [0.5, 0.6) is 5.75 Å². The molecule has 3 aromatic carbocycles. The van der Waals surface area contributed by atoms with E-state index in [4.69, 9.17) is 9.73 Å². The van der Waals surface area contributed by atoms with E-state index < -0.39 is 0 Å². The molecule has 0 aromatic heterocycles. The van der Waals surface area contributed by atoms with Gasteiger partial charge in [0.25, 0.3) is 5.91 Å². The molecule has 0 unspecified atom stereocenters. The van der Waals surface area contributed by atoms with Crippen molar-refractivity contribution in [2.75, 3.05) is 11.5 Å². The second-order valence-electron chi connectivity index (χ2n) is 6.95. The summed E-state index contributed by atoms with van der Waals surface area (Å²) in [5.41, 5.74) is 4.09. The van der Waals surface area contributed by atoms with E-state index in [-0.39, 0.29) is 5.91 Å². The number of carbonyl (C=O) groups is 1. The van der Waals surface area contributed by atoms with Crippen molar-refractivity contribution in [1.82, 2.24) is 0 Å². The molecule has 0 saturated heterocycles. The summed E-state index contributed by atoms with van der Waals surface area (Å²) in [5.74, 6) is 1.24. The number of hydrogen-bond acceptors (Lipinski definition) is 3. The van der Waals surface area contributed by atoms with Crippen LogP contribution in [0.3, 0.4) is 0 Å². The van der Waals surface area contributed by atoms with Crippen molar-refractivity contribution in [3.8, 4) is 5.75 Å². The molecule has 0 saturated carbocycles. The number of amidine groups is 1. The Morgan fingerprint density at radius 2 is 1.77 bits per heavy atom. The average Bonchev–Trinajstić information content (AvgIpc) is 3.07. The second kappa shape index (κ2) is 8.67. The van der Waals surface area contributed by atoms with E-state index in [1.165, 1.54) is 0 Å². The van der Waals surface area contributed by atoms with E-state index in [0.717, 1.165) is 32.6 Å². The standard InChI is InChI=1S/C25H21BrN2O2/c1-3-30-22-13-11-21(12-14-22)28-24(19-6-4-5-17(2)15-19)27-23(25(28)29)16-18-7-9-20(26)10-8-18/h4-16H,3H2,1-2H3/b23-16+. The topological polar surface area (TPSA) is 41.9 Å². The van der Waals surface area contributed by atoms with Crippen molar-refractivity contribution in [2.24, 2.45) is 4.99 Å². The number of carbonyl (C=O) groups excluding carboxylic acids is 1. The van der Waals surface area contributed by atoms with Gasteiger partial charge in [0.05, 0.1) is 12.3 Å². The fourth-order valence-electron chi connectivity index (χ4n) is 3.31. The van der Waals surface area contributed by atoms with Crippen molar-refractivity contribution >= 4 is 39.4 Å². The molecule has 0 bridgehead atoms. The van der Waals surface area contributed by atoms with Crippen LogP contribution >= 0.6 is 15.9 Å². The van der Waals surface area contributed by atoms with E-state index in [1.54, 1.807) is 4.90 Å². The van der Waals surface area contributed by atoms with Gasteiger partial charge in [-0.25, -0.2) is 4.99 Å². The van der Waals surface area contributed by atoms with Gasteiger partial charge in [-0.2, -0.15) is 0 Å². The molecule has 0 N–H and O–H groups in total. The lowest BCUT2D eigenvalue weighted by molar-refractivity contribution is -0.113. The van der Waals surface area contributed by atoms with Crippen LogP contribution in [0, 0.1) is 6.92 Å². The Bertz CT molecular complexity index is 1130. The van der Waals surface area contributed by atoms with Gasteiger partial charge in [-0.05, 0) is 68.0 Å². The highest BCUT2D eigenvalue weighted by atomic mass is 79.9. The van der Waals surface area contributed by atoms with Gasteiger partial charge >= 0.3 is 0 Å². The average molecular weight is 461 g/mol. The normalized spacial score (nSPS) is 14.9. The molecule has 0 spiro atoms. The Hall–Kier alpha value is -3.18. The SMILES string of the molecule is CCOc1ccc(N2C(=O)/C(=C\c3ccc(Br)cc3)N=C2c2cccc(C)c2)cc1. The van der Waals surface area contributed by atoms with Crippen molar-refractivity contribution in [2.45, 2.75) is 13.8 Å². The van der Waals surface area contributed by atoms with Gasteiger partial charge in [0.1, 0.15) is 17.3 Å². The molecule has 150 valence electrons. The molecule has 30 heavy (non-hydrogen) atoms. The Balaban J connectivity index is 1.78. The van der Waals surface area contributed by atoms with Crippen molar-refractivity contribution in [3.05, 3.63) is 99.7 Å². The van der Waals surface area contributed by atoms with Crippen LogP contribution in [-0.2, 0) is 4.79 Å². The van der Waals surface area contributed by atoms with Gasteiger partial charge in [0, 0.05) is 10.0 Å². The Kier molecular flexibility index (Phi) is 5.81. The maximum atomic E-state index is 13.4. The summed E-state index contributed by atoms with van der Waals surface area (Å²) < 4.78 is 6.53. The maximum absolute atomic E-state index is 13.4. The summed E-state index contributed by atoms with van der Waals surface area (Å²) in [7, 11) is 0. The number of aryl methyl sites for hydroxylation is 1. The minimum atomic E-state index is -0.154. The van der Waals surface area contributed by atoms with Crippen LogP contribution in [0.4, 0.5) is 5.69 Å². The lowest BCUT2D eigenvalue weighted by Crippen LogP contribution is -2.32. The molecular formula is C25H21BrN2O2. The third-order valence-corrected chi connectivity index (χ3v) is 5.24. The zero-order chi connectivity index (χ0) is 21.1. The highest BCUT2D eigenvalue weighted by Crippen LogP contribution is 2.29. The number of ether oxygens (including phenoxy) is 1. The van der Waals surface area contributed by atoms with Crippen molar-refractivity contribution in [1.29, 1.82) is 0 Å². The summed E-state index contributed by atoms with van der Waals surface area (Å²) in [5, 5.41) is 0. The summed E-state index contributed by atoms with van der Waals surface area (Å²) >= 11 is 3.44. The molecule has 5 heteroatoms. The number of nitrogens with zero attached hydrogens (tertiary/aromatic N) is 2. The fraction of sp³-hybridized carbons (Fsp3) is 0.120. The summed E-state index contributed by atoms with van der Waals surface area (Å²) in [6, 6.07) is 23.3. The predicted molar refractivity (Wildman–Crippen MR) is 125 cm³/mol. The summed E-state index contributed by atoms with van der Waals surface area (Å²) in [6.45, 7) is 4.57. The monoisotopic (exact) mass is 460 g/mol. The lowest BCUT2D eigenvalue weighted by Gasteiger charge is -2.19. The van der Waals surface area contributed by atoms with Gasteiger partial charge in [-0.1, -0.05) is 51.8 Å². The van der Waals surface area contributed by atoms with Crippen molar-refractivity contribution in [3.63, 3.8) is 0 Å². The van der Waals surface area contributed by atoms with E-state index >= 15 is 0 Å². The van der Waals surface area contributed by atoms with Crippen LogP contribution in [0.15, 0.2) is 88.0 Å². The van der Waals surface area contributed by atoms with Crippen LogP contribution in [0.2, 0.25) is 0 Å². The number of halogens is 1. The third-order valence-electron chi connectivity index (χ3n) is 4.72. The van der Waals surface area contributed by atoms with E-state index in [1.807, 2.05) is 92.7 Å². The molecule has 4 rings (SSSR count). The first-order valence-corrected chi connectivity index (χ1v) is 10.5. The molecule has 0 atom stereocenters. The van der Waals surface area contributed by atoms with Gasteiger partial charge in [-0.15, -0.1) is 0 Å². The van der Waals surface area contributed by atoms with E-state index in [0.29, 0.717) is 18.1 Å². The molecule has 1 aliphatic rings. The molecule has 0 fully saturated rings. The quantitative estimate of drug-likeness (QED) is 0.438. The number of hydrogen-bond donors (Lipinski definition) is 0. The molecule has 1 amide bonds. The Morgan fingerprint density at radius 1 is 1.03 bits per heavy atom. The first-order chi connectivity index (χ1) is 14.5. The second-order valence-corrected chi connectivity index (χ2v) is 7.87. The highest BCUT2D eigenvalue weighted by Gasteiger charge is 2.32. The zero-order valence-electron chi connectivity index (χ0n) is 16.8. The van der Waals surface area contributed by atoms with Crippen LogP contribution in [0.1, 0.15) is 23.6 Å². The molecule has 3 aromatic rings.